The predicted octanol–water partition coefficient (Wildman–Crippen LogP) is 3.04. The van der Waals surface area contributed by atoms with Crippen molar-refractivity contribution in [1.29, 1.82) is 0 Å². The Kier molecular flexibility index (Phi) is 7.30. The summed E-state index contributed by atoms with van der Waals surface area (Å²) < 4.78 is 12.4. The van der Waals surface area contributed by atoms with Gasteiger partial charge >= 0.3 is 0 Å². The third-order valence-corrected chi connectivity index (χ3v) is 4.12. The molecule has 0 bridgehead atoms. The zero-order chi connectivity index (χ0) is 12.7. The third kappa shape index (κ3) is 5.06. The second-order valence-corrected chi connectivity index (χ2v) is 5.52. The van der Waals surface area contributed by atoms with Crippen molar-refractivity contribution in [3.8, 4) is 0 Å². The maximum Gasteiger partial charge on any atom is 0.173 e. The van der Waals surface area contributed by atoms with Gasteiger partial charge in [0, 0.05) is 34.4 Å². The molecule has 5 heteroatoms. The highest BCUT2D eigenvalue weighted by Crippen LogP contribution is 2.22. The molecule has 0 aromatic carbocycles. The first kappa shape index (κ1) is 15.1. The minimum absolute atomic E-state index is 0.181. The number of rotatable bonds is 8. The van der Waals surface area contributed by atoms with E-state index in [1.807, 2.05) is 20.9 Å². The Bertz CT molecular complexity index is 313. The van der Waals surface area contributed by atoms with E-state index in [2.05, 4.69) is 32.7 Å². The zero-order valence-corrected chi connectivity index (χ0v) is 12.9. The highest BCUT2D eigenvalue weighted by atomic mass is 79.9. The second-order valence-electron chi connectivity index (χ2n) is 3.61. The lowest BCUT2D eigenvalue weighted by Gasteiger charge is -2.26. The first-order valence-electron chi connectivity index (χ1n) is 5.84. The summed E-state index contributed by atoms with van der Waals surface area (Å²) >= 11 is 5.22. The van der Waals surface area contributed by atoms with Crippen molar-refractivity contribution >= 4 is 27.3 Å². The fourth-order valence-corrected chi connectivity index (χ4v) is 3.13. The molecule has 1 rings (SSSR count). The Morgan fingerprint density at radius 1 is 1.35 bits per heavy atom. The van der Waals surface area contributed by atoms with E-state index in [1.54, 1.807) is 11.3 Å². The van der Waals surface area contributed by atoms with Crippen molar-refractivity contribution in [2.24, 2.45) is 0 Å². The highest BCUT2D eigenvalue weighted by Gasteiger charge is 2.21. The van der Waals surface area contributed by atoms with Gasteiger partial charge in [-0.3, -0.25) is 0 Å². The Balaban J connectivity index is 2.61. The molecule has 0 aliphatic heterocycles. The molecule has 0 saturated heterocycles. The first-order valence-corrected chi connectivity index (χ1v) is 7.51. The average Bonchev–Trinajstić information content (AvgIpc) is 2.72. The molecule has 1 heterocycles. The standard InChI is InChI=1S/C12H20BrNO2S/c1-4-15-12(16-5-2)11(14-3)7-10-6-9(13)8-17-10/h6,8,11-12,14H,4-5,7H2,1-3H3. The Labute approximate surface area is 116 Å². The van der Waals surface area contributed by atoms with Gasteiger partial charge in [0.1, 0.15) is 0 Å². The fourth-order valence-electron chi connectivity index (χ4n) is 1.62. The molecular weight excluding hydrogens is 302 g/mol. The number of hydrogen-bond acceptors (Lipinski definition) is 4. The summed E-state index contributed by atoms with van der Waals surface area (Å²) in [5.41, 5.74) is 0. The summed E-state index contributed by atoms with van der Waals surface area (Å²) in [6.07, 6.45) is 0.730. The molecule has 0 fully saturated rings. The molecule has 1 N–H and O–H groups in total. The van der Waals surface area contributed by atoms with Gasteiger partial charge in [0.15, 0.2) is 6.29 Å². The number of nitrogens with one attached hydrogen (secondary N) is 1. The number of halogens is 1. The summed E-state index contributed by atoms with van der Waals surface area (Å²) in [5, 5.41) is 5.37. The SMILES string of the molecule is CCOC(OCC)C(Cc1cc(Br)cs1)NC. The predicted molar refractivity (Wildman–Crippen MR) is 75.6 cm³/mol. The molecule has 1 atom stereocenters. The molecule has 1 aromatic rings. The quantitative estimate of drug-likeness (QED) is 0.746. The van der Waals surface area contributed by atoms with Crippen LogP contribution in [0.15, 0.2) is 15.9 Å². The lowest BCUT2D eigenvalue weighted by atomic mass is 10.1. The van der Waals surface area contributed by atoms with Crippen LogP contribution in [0.3, 0.4) is 0 Å². The first-order chi connectivity index (χ1) is 8.21. The van der Waals surface area contributed by atoms with Crippen molar-refractivity contribution in [3.63, 3.8) is 0 Å². The van der Waals surface area contributed by atoms with Gasteiger partial charge in [-0.1, -0.05) is 0 Å². The van der Waals surface area contributed by atoms with Gasteiger partial charge in [-0.2, -0.15) is 0 Å². The van der Waals surface area contributed by atoms with E-state index in [4.69, 9.17) is 9.47 Å². The summed E-state index contributed by atoms with van der Waals surface area (Å²) in [5.74, 6) is 0. The molecule has 98 valence electrons. The van der Waals surface area contributed by atoms with E-state index >= 15 is 0 Å². The lowest BCUT2D eigenvalue weighted by Crippen LogP contribution is -2.42. The van der Waals surface area contributed by atoms with Gasteiger partial charge in [0.05, 0.1) is 6.04 Å². The van der Waals surface area contributed by atoms with Crippen LogP contribution in [0.25, 0.3) is 0 Å². The molecule has 0 amide bonds. The average molecular weight is 322 g/mol. The van der Waals surface area contributed by atoms with Crippen LogP contribution in [0.1, 0.15) is 18.7 Å². The van der Waals surface area contributed by atoms with Crippen LogP contribution in [0.4, 0.5) is 0 Å². The van der Waals surface area contributed by atoms with Gasteiger partial charge in [0.2, 0.25) is 0 Å². The van der Waals surface area contributed by atoms with Crippen molar-refractivity contribution in [1.82, 2.24) is 5.32 Å². The highest BCUT2D eigenvalue weighted by molar-refractivity contribution is 9.10. The van der Waals surface area contributed by atoms with Crippen LogP contribution in [0, 0.1) is 0 Å². The van der Waals surface area contributed by atoms with Gasteiger partial charge in [-0.15, -0.1) is 11.3 Å². The number of hydrogen-bond donors (Lipinski definition) is 1. The van der Waals surface area contributed by atoms with Crippen LogP contribution in [-0.2, 0) is 15.9 Å². The Morgan fingerprint density at radius 3 is 2.41 bits per heavy atom. The lowest BCUT2D eigenvalue weighted by molar-refractivity contribution is -0.152. The number of likely N-dealkylation sites (N-methyl/N-ethyl adjacent to an activating group) is 1. The van der Waals surface area contributed by atoms with Crippen molar-refractivity contribution in [2.75, 3.05) is 20.3 Å². The molecule has 0 aliphatic carbocycles. The normalized spacial score (nSPS) is 13.2. The molecule has 17 heavy (non-hydrogen) atoms. The van der Waals surface area contributed by atoms with Gasteiger partial charge in [0.25, 0.3) is 0 Å². The molecule has 0 spiro atoms. The molecule has 0 radical (unpaired) electrons. The van der Waals surface area contributed by atoms with Gasteiger partial charge in [-0.25, -0.2) is 0 Å². The van der Waals surface area contributed by atoms with Crippen molar-refractivity contribution < 1.29 is 9.47 Å². The van der Waals surface area contributed by atoms with Crippen LogP contribution in [-0.4, -0.2) is 32.6 Å². The van der Waals surface area contributed by atoms with E-state index in [1.165, 1.54) is 4.88 Å². The summed E-state index contributed by atoms with van der Waals surface area (Å²) in [4.78, 5) is 1.32. The molecule has 0 aliphatic rings. The number of thiophene rings is 1. The molecule has 1 aromatic heterocycles. The Morgan fingerprint density at radius 2 is 2.00 bits per heavy atom. The molecule has 1 unspecified atom stereocenters. The van der Waals surface area contributed by atoms with E-state index in [-0.39, 0.29) is 12.3 Å². The Hall–Kier alpha value is 0.0600. The maximum absolute atomic E-state index is 5.62. The summed E-state index contributed by atoms with van der Waals surface area (Å²) in [6, 6.07) is 2.32. The largest absolute Gasteiger partial charge is 0.351 e. The van der Waals surface area contributed by atoms with Crippen LogP contribution < -0.4 is 5.32 Å². The summed E-state index contributed by atoms with van der Waals surface area (Å²) in [6.45, 7) is 5.30. The van der Waals surface area contributed by atoms with Crippen molar-refractivity contribution in [2.45, 2.75) is 32.6 Å². The van der Waals surface area contributed by atoms with E-state index in [9.17, 15) is 0 Å². The maximum atomic E-state index is 5.62. The minimum Gasteiger partial charge on any atom is -0.351 e. The molecule has 3 nitrogen and oxygen atoms in total. The van der Waals surface area contributed by atoms with E-state index in [0.717, 1.165) is 10.9 Å². The van der Waals surface area contributed by atoms with Gasteiger partial charge < -0.3 is 14.8 Å². The zero-order valence-electron chi connectivity index (χ0n) is 10.5. The smallest absolute Gasteiger partial charge is 0.173 e. The van der Waals surface area contributed by atoms with E-state index < -0.39 is 0 Å². The fraction of sp³-hybridized carbons (Fsp3) is 0.667. The minimum atomic E-state index is -0.184. The van der Waals surface area contributed by atoms with Crippen LogP contribution >= 0.6 is 27.3 Å². The van der Waals surface area contributed by atoms with Crippen LogP contribution in [0.2, 0.25) is 0 Å². The number of ether oxygens (including phenoxy) is 2. The van der Waals surface area contributed by atoms with Crippen LogP contribution in [0.5, 0.6) is 0 Å². The van der Waals surface area contributed by atoms with Gasteiger partial charge in [-0.05, 0) is 42.9 Å². The molecular formula is C12H20BrNO2S. The molecule has 0 saturated carbocycles. The van der Waals surface area contributed by atoms with Crippen molar-refractivity contribution in [3.05, 3.63) is 20.8 Å². The monoisotopic (exact) mass is 321 g/mol. The third-order valence-electron chi connectivity index (χ3n) is 2.40. The van der Waals surface area contributed by atoms with E-state index in [0.29, 0.717) is 13.2 Å². The summed E-state index contributed by atoms with van der Waals surface area (Å²) in [7, 11) is 1.94. The second kappa shape index (κ2) is 8.21. The topological polar surface area (TPSA) is 30.5 Å².